The molecule has 0 aliphatic carbocycles. The Bertz CT molecular complexity index is 680. The molecule has 1 N–H and O–H groups in total. The van der Waals surface area contributed by atoms with Gasteiger partial charge in [0.2, 0.25) is 0 Å². The van der Waals surface area contributed by atoms with Gasteiger partial charge in [-0.3, -0.25) is 0 Å². The number of aryl methyl sites for hydroxylation is 1. The fourth-order valence-corrected chi connectivity index (χ4v) is 4.35. The number of aromatic nitrogens is 2. The van der Waals surface area contributed by atoms with Crippen LogP contribution in [-0.2, 0) is 16.4 Å². The summed E-state index contributed by atoms with van der Waals surface area (Å²) in [6.07, 6.45) is 6.41. The molecule has 0 saturated carbocycles. The van der Waals surface area contributed by atoms with E-state index in [-0.39, 0.29) is 11.8 Å². The van der Waals surface area contributed by atoms with Crippen LogP contribution < -0.4 is 5.32 Å². The SMILES string of the molecule is O=S1(=O)CC(NCCCn2ccnc2)c2ccccc21. The Morgan fingerprint density at radius 3 is 3.00 bits per heavy atom. The average molecular weight is 291 g/mol. The number of nitrogens with one attached hydrogen (secondary N) is 1. The van der Waals surface area contributed by atoms with Crippen LogP contribution in [0.15, 0.2) is 47.9 Å². The molecule has 1 aromatic carbocycles. The number of imidazole rings is 1. The highest BCUT2D eigenvalue weighted by Gasteiger charge is 2.33. The molecule has 0 saturated heterocycles. The van der Waals surface area contributed by atoms with Crippen molar-refractivity contribution in [2.75, 3.05) is 12.3 Å². The van der Waals surface area contributed by atoms with Gasteiger partial charge < -0.3 is 9.88 Å². The van der Waals surface area contributed by atoms with Gasteiger partial charge in [0.1, 0.15) is 0 Å². The van der Waals surface area contributed by atoms with Gasteiger partial charge >= 0.3 is 0 Å². The number of hydrogen-bond donors (Lipinski definition) is 1. The van der Waals surface area contributed by atoms with Crippen LogP contribution >= 0.6 is 0 Å². The van der Waals surface area contributed by atoms with Crippen molar-refractivity contribution in [2.45, 2.75) is 23.9 Å². The molecule has 1 aromatic heterocycles. The molecule has 1 aliphatic heterocycles. The molecule has 6 heteroatoms. The Kier molecular flexibility index (Phi) is 3.58. The summed E-state index contributed by atoms with van der Waals surface area (Å²) >= 11 is 0. The number of fused-ring (bicyclic) bond motifs is 1. The van der Waals surface area contributed by atoms with E-state index in [2.05, 4.69) is 10.3 Å². The third-order valence-electron chi connectivity index (χ3n) is 3.56. The lowest BCUT2D eigenvalue weighted by Crippen LogP contribution is -2.24. The lowest BCUT2D eigenvalue weighted by atomic mass is 10.1. The monoisotopic (exact) mass is 291 g/mol. The van der Waals surface area contributed by atoms with E-state index in [1.54, 1.807) is 24.7 Å². The Labute approximate surface area is 118 Å². The van der Waals surface area contributed by atoms with Gasteiger partial charge in [-0.05, 0) is 24.6 Å². The second kappa shape index (κ2) is 5.38. The van der Waals surface area contributed by atoms with E-state index in [1.807, 2.05) is 22.9 Å². The fourth-order valence-electron chi connectivity index (χ4n) is 2.58. The predicted molar refractivity (Wildman–Crippen MR) is 76.1 cm³/mol. The number of sulfone groups is 1. The van der Waals surface area contributed by atoms with Gasteiger partial charge in [0.05, 0.1) is 17.0 Å². The van der Waals surface area contributed by atoms with Crippen molar-refractivity contribution in [3.8, 4) is 0 Å². The molecule has 0 amide bonds. The highest BCUT2D eigenvalue weighted by molar-refractivity contribution is 7.91. The lowest BCUT2D eigenvalue weighted by molar-refractivity contribution is 0.527. The van der Waals surface area contributed by atoms with E-state index in [0.29, 0.717) is 4.90 Å². The minimum absolute atomic E-state index is 0.0843. The van der Waals surface area contributed by atoms with Crippen LogP contribution in [0.4, 0.5) is 0 Å². The second-order valence-electron chi connectivity index (χ2n) is 4.98. The number of nitrogens with zero attached hydrogens (tertiary/aromatic N) is 2. The van der Waals surface area contributed by atoms with Crippen LogP contribution in [0.1, 0.15) is 18.0 Å². The third kappa shape index (κ3) is 2.62. The molecule has 1 atom stereocenters. The van der Waals surface area contributed by atoms with Crippen molar-refractivity contribution in [3.63, 3.8) is 0 Å². The molecule has 2 aromatic rings. The smallest absolute Gasteiger partial charge is 0.180 e. The molecule has 106 valence electrons. The summed E-state index contributed by atoms with van der Waals surface area (Å²) in [6, 6.07) is 7.17. The first-order valence-corrected chi connectivity index (χ1v) is 8.33. The highest BCUT2D eigenvalue weighted by Crippen LogP contribution is 2.32. The van der Waals surface area contributed by atoms with Gasteiger partial charge in [-0.25, -0.2) is 13.4 Å². The van der Waals surface area contributed by atoms with E-state index in [0.717, 1.165) is 25.1 Å². The Balaban J connectivity index is 1.59. The topological polar surface area (TPSA) is 64.0 Å². The van der Waals surface area contributed by atoms with Gasteiger partial charge in [-0.1, -0.05) is 18.2 Å². The molecular formula is C14H17N3O2S. The molecule has 20 heavy (non-hydrogen) atoms. The molecule has 1 unspecified atom stereocenters. The van der Waals surface area contributed by atoms with Crippen molar-refractivity contribution in [2.24, 2.45) is 0 Å². The third-order valence-corrected chi connectivity index (χ3v) is 5.37. The Morgan fingerprint density at radius 1 is 1.35 bits per heavy atom. The fraction of sp³-hybridized carbons (Fsp3) is 0.357. The summed E-state index contributed by atoms with van der Waals surface area (Å²) in [5.41, 5.74) is 0.898. The molecule has 3 rings (SSSR count). The van der Waals surface area contributed by atoms with E-state index in [4.69, 9.17) is 0 Å². The number of rotatable bonds is 5. The lowest BCUT2D eigenvalue weighted by Gasteiger charge is -2.12. The maximum Gasteiger partial charge on any atom is 0.180 e. The van der Waals surface area contributed by atoms with Crippen LogP contribution in [0.5, 0.6) is 0 Å². The van der Waals surface area contributed by atoms with E-state index >= 15 is 0 Å². The zero-order chi connectivity index (χ0) is 14.0. The summed E-state index contributed by atoms with van der Waals surface area (Å²) < 4.78 is 26.1. The molecule has 1 aliphatic rings. The Hall–Kier alpha value is -1.66. The summed E-state index contributed by atoms with van der Waals surface area (Å²) in [5.74, 6) is 0.164. The highest BCUT2D eigenvalue weighted by atomic mass is 32.2. The van der Waals surface area contributed by atoms with Gasteiger partial charge in [0, 0.05) is 25.0 Å². The van der Waals surface area contributed by atoms with Crippen molar-refractivity contribution >= 4 is 9.84 Å². The quantitative estimate of drug-likeness (QED) is 0.846. The minimum atomic E-state index is -3.11. The second-order valence-corrected chi connectivity index (χ2v) is 6.98. The first-order valence-electron chi connectivity index (χ1n) is 6.67. The molecule has 5 nitrogen and oxygen atoms in total. The first-order chi connectivity index (χ1) is 9.67. The maximum atomic E-state index is 12.0. The van der Waals surface area contributed by atoms with Crippen LogP contribution in [0, 0.1) is 0 Å². The van der Waals surface area contributed by atoms with Crippen LogP contribution in [0.3, 0.4) is 0 Å². The number of benzene rings is 1. The van der Waals surface area contributed by atoms with Crippen LogP contribution in [0.25, 0.3) is 0 Å². The predicted octanol–water partition coefficient (Wildman–Crippen LogP) is 1.39. The zero-order valence-corrected chi connectivity index (χ0v) is 11.9. The molecule has 2 heterocycles. The normalized spacial score (nSPS) is 19.9. The molecule has 0 bridgehead atoms. The molecular weight excluding hydrogens is 274 g/mol. The standard InChI is InChI=1S/C14H17N3O2S/c18-20(19)10-13(12-4-1-2-5-14(12)20)16-6-3-8-17-9-7-15-11-17/h1-2,4-5,7,9,11,13,16H,3,6,8,10H2. The molecule has 0 radical (unpaired) electrons. The van der Waals surface area contributed by atoms with Gasteiger partial charge in [0.25, 0.3) is 0 Å². The van der Waals surface area contributed by atoms with Gasteiger partial charge in [-0.2, -0.15) is 0 Å². The zero-order valence-electron chi connectivity index (χ0n) is 11.1. The minimum Gasteiger partial charge on any atom is -0.337 e. The van der Waals surface area contributed by atoms with Crippen LogP contribution in [0.2, 0.25) is 0 Å². The van der Waals surface area contributed by atoms with Crippen molar-refractivity contribution in [3.05, 3.63) is 48.5 Å². The van der Waals surface area contributed by atoms with Crippen molar-refractivity contribution < 1.29 is 8.42 Å². The summed E-state index contributed by atoms with van der Waals surface area (Å²) in [4.78, 5) is 4.47. The molecule has 0 fully saturated rings. The van der Waals surface area contributed by atoms with E-state index in [9.17, 15) is 8.42 Å². The van der Waals surface area contributed by atoms with Gasteiger partial charge in [0.15, 0.2) is 9.84 Å². The Morgan fingerprint density at radius 2 is 2.20 bits per heavy atom. The van der Waals surface area contributed by atoms with Crippen molar-refractivity contribution in [1.82, 2.24) is 14.9 Å². The first kappa shape index (κ1) is 13.3. The van der Waals surface area contributed by atoms with Crippen molar-refractivity contribution in [1.29, 1.82) is 0 Å². The molecule has 0 spiro atoms. The summed E-state index contributed by atoms with van der Waals surface area (Å²) in [7, 11) is -3.11. The summed E-state index contributed by atoms with van der Waals surface area (Å²) in [5, 5.41) is 3.34. The van der Waals surface area contributed by atoms with Crippen LogP contribution in [-0.4, -0.2) is 30.3 Å². The van der Waals surface area contributed by atoms with E-state index < -0.39 is 9.84 Å². The average Bonchev–Trinajstić information content (AvgIpc) is 3.03. The van der Waals surface area contributed by atoms with E-state index in [1.165, 1.54) is 0 Å². The maximum absolute atomic E-state index is 12.0. The number of hydrogen-bond acceptors (Lipinski definition) is 4. The largest absolute Gasteiger partial charge is 0.337 e. The summed E-state index contributed by atoms with van der Waals surface area (Å²) in [6.45, 7) is 1.67. The van der Waals surface area contributed by atoms with Gasteiger partial charge in [-0.15, -0.1) is 0 Å².